The van der Waals surface area contributed by atoms with Crippen molar-refractivity contribution < 1.29 is 13.2 Å². The number of benzene rings is 2. The molecule has 0 spiro atoms. The van der Waals surface area contributed by atoms with Crippen molar-refractivity contribution >= 4 is 33.6 Å². The average molecular weight is 409 g/mol. The molecule has 0 saturated carbocycles. The Balaban J connectivity index is 1.55. The van der Waals surface area contributed by atoms with Gasteiger partial charge in [-0.1, -0.05) is 30.3 Å². The van der Waals surface area contributed by atoms with Crippen molar-refractivity contribution in [2.45, 2.75) is 18.7 Å². The summed E-state index contributed by atoms with van der Waals surface area (Å²) in [5.74, 6) is -0.474. The first-order chi connectivity index (χ1) is 13.9. The highest BCUT2D eigenvalue weighted by atomic mass is 32.2. The predicted octanol–water partition coefficient (Wildman–Crippen LogP) is 2.79. The van der Waals surface area contributed by atoms with Gasteiger partial charge < -0.3 is 5.32 Å². The van der Waals surface area contributed by atoms with Crippen LogP contribution in [0.25, 0.3) is 5.69 Å². The smallest absolute Gasteiger partial charge is 0.267 e. The third kappa shape index (κ3) is 3.40. The second-order valence-corrected chi connectivity index (χ2v) is 8.46. The summed E-state index contributed by atoms with van der Waals surface area (Å²) in [6, 6.07) is 16.0. The van der Waals surface area contributed by atoms with Crippen molar-refractivity contribution in [2.75, 3.05) is 11.9 Å². The zero-order valence-corrected chi connectivity index (χ0v) is 16.7. The summed E-state index contributed by atoms with van der Waals surface area (Å²) in [6.45, 7) is 3.25. The van der Waals surface area contributed by atoms with Gasteiger partial charge in [-0.05, 0) is 38.1 Å². The number of rotatable bonds is 4. The molecule has 4 rings (SSSR count). The van der Waals surface area contributed by atoms with Crippen LogP contribution in [-0.2, 0) is 14.8 Å². The number of carbonyl (C=O) groups excluding carboxylic acids is 1. The topological polar surface area (TPSA) is 96.7 Å². The maximum absolute atomic E-state index is 12.8. The van der Waals surface area contributed by atoms with Gasteiger partial charge in [-0.3, -0.25) is 4.79 Å². The van der Waals surface area contributed by atoms with Crippen molar-refractivity contribution in [3.05, 3.63) is 66.0 Å². The molecule has 148 valence electrons. The summed E-state index contributed by atoms with van der Waals surface area (Å²) in [6.07, 6.45) is 1.17. The normalized spacial score (nSPS) is 14.5. The van der Waals surface area contributed by atoms with Crippen molar-refractivity contribution in [1.29, 1.82) is 0 Å². The van der Waals surface area contributed by atoms with Crippen LogP contribution in [0.1, 0.15) is 11.4 Å². The Morgan fingerprint density at radius 2 is 1.72 bits per heavy atom. The Labute approximate surface area is 168 Å². The van der Waals surface area contributed by atoms with E-state index in [0.717, 1.165) is 15.7 Å². The number of aliphatic imine (C=N–C) groups is 1. The molecule has 1 aromatic heterocycles. The summed E-state index contributed by atoms with van der Waals surface area (Å²) in [5, 5.41) is 7.27. The highest BCUT2D eigenvalue weighted by Gasteiger charge is 2.30. The number of amides is 1. The number of aromatic nitrogens is 2. The maximum Gasteiger partial charge on any atom is 0.267 e. The zero-order chi connectivity index (χ0) is 20.6. The lowest BCUT2D eigenvalue weighted by atomic mass is 10.3. The summed E-state index contributed by atoms with van der Waals surface area (Å²) in [5.41, 5.74) is 3.18. The fourth-order valence-corrected chi connectivity index (χ4v) is 4.53. The molecule has 2 heterocycles. The summed E-state index contributed by atoms with van der Waals surface area (Å²) < 4.78 is 28.2. The fourth-order valence-electron chi connectivity index (χ4n) is 3.19. The number of nitrogens with zero attached hydrogens (tertiary/aromatic N) is 4. The van der Waals surface area contributed by atoms with Gasteiger partial charge in [0.25, 0.3) is 10.0 Å². The van der Waals surface area contributed by atoms with Gasteiger partial charge in [-0.25, -0.2) is 22.4 Å². The molecule has 0 unspecified atom stereocenters. The summed E-state index contributed by atoms with van der Waals surface area (Å²) >= 11 is 0. The molecule has 0 radical (unpaired) electrons. The van der Waals surface area contributed by atoms with Gasteiger partial charge in [0.05, 0.1) is 28.5 Å². The van der Waals surface area contributed by atoms with Gasteiger partial charge in [0, 0.05) is 0 Å². The largest absolute Gasteiger partial charge is 0.321 e. The molecule has 0 saturated heterocycles. The third-order valence-corrected chi connectivity index (χ3v) is 6.38. The quantitative estimate of drug-likeness (QED) is 0.717. The molecule has 3 aromatic rings. The van der Waals surface area contributed by atoms with Crippen LogP contribution in [0, 0.1) is 13.8 Å². The molecule has 0 aliphatic carbocycles. The van der Waals surface area contributed by atoms with E-state index in [0.29, 0.717) is 17.1 Å². The van der Waals surface area contributed by atoms with E-state index in [2.05, 4.69) is 15.4 Å². The molecule has 0 fully saturated rings. The Hall–Kier alpha value is -3.46. The maximum atomic E-state index is 12.8. The van der Waals surface area contributed by atoms with E-state index in [1.165, 1.54) is 12.4 Å². The molecule has 29 heavy (non-hydrogen) atoms. The third-order valence-electron chi connectivity index (χ3n) is 4.63. The van der Waals surface area contributed by atoms with Crippen molar-refractivity contribution in [3.63, 3.8) is 0 Å². The van der Waals surface area contributed by atoms with Crippen LogP contribution >= 0.6 is 0 Å². The number of anilines is 1. The SMILES string of the molecule is Cc1nn(-c2ccccc2)c(C)c1NC(=O)CN1C=Nc2ccccc2S1(=O)=O. The molecule has 1 amide bonds. The first-order valence-corrected chi connectivity index (χ1v) is 10.4. The van der Waals surface area contributed by atoms with E-state index in [1.54, 1.807) is 29.8 Å². The number of hydrogen-bond donors (Lipinski definition) is 1. The summed E-state index contributed by atoms with van der Waals surface area (Å²) in [7, 11) is -3.83. The lowest BCUT2D eigenvalue weighted by molar-refractivity contribution is -0.115. The Kier molecular flexibility index (Phi) is 4.67. The second kappa shape index (κ2) is 7.17. The number of aryl methyl sites for hydroxylation is 1. The minimum atomic E-state index is -3.83. The minimum Gasteiger partial charge on any atom is -0.321 e. The Morgan fingerprint density at radius 1 is 1.03 bits per heavy atom. The summed E-state index contributed by atoms with van der Waals surface area (Å²) in [4.78, 5) is 16.8. The average Bonchev–Trinajstić information content (AvgIpc) is 2.99. The van der Waals surface area contributed by atoms with Gasteiger partial charge in [0.1, 0.15) is 17.8 Å². The lowest BCUT2D eigenvalue weighted by Gasteiger charge is -2.23. The first kappa shape index (κ1) is 18.9. The monoisotopic (exact) mass is 409 g/mol. The van der Waals surface area contributed by atoms with Gasteiger partial charge >= 0.3 is 0 Å². The number of para-hydroxylation sites is 2. The number of carbonyl (C=O) groups is 1. The van der Waals surface area contributed by atoms with Gasteiger partial charge in [-0.2, -0.15) is 5.10 Å². The molecule has 8 nitrogen and oxygen atoms in total. The standard InChI is InChI=1S/C20H19N5O3S/c1-14-20(15(2)25(23-14)16-8-4-3-5-9-16)22-19(26)12-24-13-21-17-10-6-7-11-18(17)29(24,27)28/h3-11,13H,12H2,1-2H3,(H,22,26). The molecular weight excluding hydrogens is 390 g/mol. The molecule has 0 atom stereocenters. The van der Waals surface area contributed by atoms with Crippen LogP contribution in [0.15, 0.2) is 64.5 Å². The molecular formula is C20H19N5O3S. The van der Waals surface area contributed by atoms with Gasteiger partial charge in [-0.15, -0.1) is 0 Å². The van der Waals surface area contributed by atoms with Crippen LogP contribution < -0.4 is 5.32 Å². The number of nitrogens with one attached hydrogen (secondary N) is 1. The molecule has 1 N–H and O–H groups in total. The highest BCUT2D eigenvalue weighted by Crippen LogP contribution is 2.30. The van der Waals surface area contributed by atoms with Crippen molar-refractivity contribution in [2.24, 2.45) is 4.99 Å². The Morgan fingerprint density at radius 3 is 2.48 bits per heavy atom. The first-order valence-electron chi connectivity index (χ1n) is 8.94. The lowest BCUT2D eigenvalue weighted by Crippen LogP contribution is -2.38. The van der Waals surface area contributed by atoms with Crippen LogP contribution in [0.3, 0.4) is 0 Å². The highest BCUT2D eigenvalue weighted by molar-refractivity contribution is 7.89. The van der Waals surface area contributed by atoms with Crippen LogP contribution in [-0.4, -0.2) is 41.3 Å². The molecule has 1 aliphatic rings. The van der Waals surface area contributed by atoms with E-state index < -0.39 is 15.9 Å². The molecule has 9 heteroatoms. The van der Waals surface area contributed by atoms with E-state index in [-0.39, 0.29) is 11.4 Å². The van der Waals surface area contributed by atoms with E-state index in [9.17, 15) is 13.2 Å². The van der Waals surface area contributed by atoms with Gasteiger partial charge in [0.2, 0.25) is 5.91 Å². The van der Waals surface area contributed by atoms with Crippen LogP contribution in [0.2, 0.25) is 0 Å². The van der Waals surface area contributed by atoms with E-state index in [4.69, 9.17) is 0 Å². The molecule has 2 aromatic carbocycles. The predicted molar refractivity (Wildman–Crippen MR) is 110 cm³/mol. The number of sulfonamides is 1. The van der Waals surface area contributed by atoms with Crippen molar-refractivity contribution in [1.82, 2.24) is 14.1 Å². The van der Waals surface area contributed by atoms with E-state index >= 15 is 0 Å². The van der Waals surface area contributed by atoms with Crippen LogP contribution in [0.5, 0.6) is 0 Å². The number of hydrogen-bond acceptors (Lipinski definition) is 5. The fraction of sp³-hybridized carbons (Fsp3) is 0.150. The van der Waals surface area contributed by atoms with Gasteiger partial charge in [0.15, 0.2) is 0 Å². The van der Waals surface area contributed by atoms with Crippen molar-refractivity contribution in [3.8, 4) is 5.69 Å². The molecule has 0 bridgehead atoms. The second-order valence-electron chi connectivity index (χ2n) is 6.60. The van der Waals surface area contributed by atoms with Crippen LogP contribution in [0.4, 0.5) is 11.4 Å². The number of fused-ring (bicyclic) bond motifs is 1. The minimum absolute atomic E-state index is 0.0829. The zero-order valence-electron chi connectivity index (χ0n) is 15.9. The molecule has 1 aliphatic heterocycles. The Bertz CT molecular complexity index is 1220. The van der Waals surface area contributed by atoms with E-state index in [1.807, 2.05) is 37.3 Å².